The fourth-order valence-electron chi connectivity index (χ4n) is 3.79. The monoisotopic (exact) mass is 402 g/mol. The Morgan fingerprint density at radius 3 is 2.55 bits per heavy atom. The van der Waals surface area contributed by atoms with Crippen molar-refractivity contribution in [2.24, 2.45) is 0 Å². The van der Waals surface area contributed by atoms with Gasteiger partial charge >= 0.3 is 0 Å². The molecule has 0 aliphatic carbocycles. The summed E-state index contributed by atoms with van der Waals surface area (Å²) in [5.74, 6) is 0.0841. The van der Waals surface area contributed by atoms with Crippen LogP contribution in [-0.2, 0) is 6.54 Å². The van der Waals surface area contributed by atoms with E-state index in [1.807, 2.05) is 53.4 Å². The third kappa shape index (κ3) is 3.81. The lowest BCUT2D eigenvalue weighted by atomic mass is 10.2. The molecule has 1 aliphatic rings. The number of nitrogens with one attached hydrogen (secondary N) is 1. The van der Waals surface area contributed by atoms with E-state index < -0.39 is 0 Å². The quantitative estimate of drug-likeness (QED) is 0.555. The molecule has 1 amide bonds. The molecule has 5 nitrogen and oxygen atoms in total. The average Bonchev–Trinajstić information content (AvgIpc) is 3.41. The summed E-state index contributed by atoms with van der Waals surface area (Å²) in [6, 6.07) is 20.2. The van der Waals surface area contributed by atoms with Gasteiger partial charge in [0, 0.05) is 54.6 Å². The number of fused-ring (bicyclic) bond motifs is 1. The van der Waals surface area contributed by atoms with Gasteiger partial charge in [0.15, 0.2) is 0 Å². The van der Waals surface area contributed by atoms with E-state index in [-0.39, 0.29) is 5.91 Å². The van der Waals surface area contributed by atoms with Crippen molar-refractivity contribution >= 4 is 28.1 Å². The zero-order valence-electron chi connectivity index (χ0n) is 16.0. The fourth-order valence-corrected chi connectivity index (χ4v) is 4.61. The lowest BCUT2D eigenvalue weighted by Crippen LogP contribution is -2.48. The van der Waals surface area contributed by atoms with Gasteiger partial charge in [-0.1, -0.05) is 48.5 Å². The first-order chi connectivity index (χ1) is 14.3. The zero-order valence-corrected chi connectivity index (χ0v) is 16.9. The molecular weight excluding hydrogens is 380 g/mol. The molecule has 0 spiro atoms. The van der Waals surface area contributed by atoms with Crippen LogP contribution in [-0.4, -0.2) is 51.9 Å². The molecule has 2 aromatic heterocycles. The van der Waals surface area contributed by atoms with Crippen molar-refractivity contribution < 1.29 is 4.79 Å². The first-order valence-electron chi connectivity index (χ1n) is 9.85. The molecule has 2 aromatic carbocycles. The Balaban J connectivity index is 1.19. The minimum absolute atomic E-state index is 0.0841. The highest BCUT2D eigenvalue weighted by Crippen LogP contribution is 2.24. The Bertz CT molecular complexity index is 1090. The van der Waals surface area contributed by atoms with Crippen LogP contribution in [0.4, 0.5) is 0 Å². The summed E-state index contributed by atoms with van der Waals surface area (Å²) in [7, 11) is 0. The van der Waals surface area contributed by atoms with E-state index in [4.69, 9.17) is 4.98 Å². The minimum atomic E-state index is 0.0841. The van der Waals surface area contributed by atoms with E-state index in [0.29, 0.717) is 5.69 Å². The van der Waals surface area contributed by atoms with E-state index in [2.05, 4.69) is 27.4 Å². The number of aromatic nitrogens is 2. The van der Waals surface area contributed by atoms with Crippen LogP contribution in [0.3, 0.4) is 0 Å². The predicted molar refractivity (Wildman–Crippen MR) is 117 cm³/mol. The van der Waals surface area contributed by atoms with Gasteiger partial charge in [-0.2, -0.15) is 0 Å². The molecule has 5 rings (SSSR count). The van der Waals surface area contributed by atoms with Gasteiger partial charge in [0.2, 0.25) is 0 Å². The summed E-state index contributed by atoms with van der Waals surface area (Å²) in [5, 5.41) is 4.28. The molecule has 1 aliphatic heterocycles. The van der Waals surface area contributed by atoms with Gasteiger partial charge in [0.05, 0.1) is 5.69 Å². The fraction of sp³-hybridized carbons (Fsp3) is 0.217. The van der Waals surface area contributed by atoms with Crippen molar-refractivity contribution in [3.63, 3.8) is 0 Å². The number of aromatic amines is 1. The SMILES string of the molecule is O=C(c1cc2ccccc2[nH]1)N1CCN(Cc2csc(-c3ccccc3)n2)CC1. The summed E-state index contributed by atoms with van der Waals surface area (Å²) in [5.41, 5.74) is 3.95. The second-order valence-electron chi connectivity index (χ2n) is 7.35. The normalized spacial score (nSPS) is 15.1. The smallest absolute Gasteiger partial charge is 0.270 e. The van der Waals surface area contributed by atoms with Crippen molar-refractivity contribution in [2.75, 3.05) is 26.2 Å². The molecule has 146 valence electrons. The Morgan fingerprint density at radius 1 is 1.00 bits per heavy atom. The van der Waals surface area contributed by atoms with Crippen LogP contribution in [0, 0.1) is 0 Å². The maximum atomic E-state index is 12.9. The summed E-state index contributed by atoms with van der Waals surface area (Å²) in [4.78, 5) is 25.2. The number of para-hydroxylation sites is 1. The van der Waals surface area contributed by atoms with E-state index >= 15 is 0 Å². The highest BCUT2D eigenvalue weighted by Gasteiger charge is 2.23. The first-order valence-corrected chi connectivity index (χ1v) is 10.7. The lowest BCUT2D eigenvalue weighted by molar-refractivity contribution is 0.0622. The van der Waals surface area contributed by atoms with Gasteiger partial charge in [-0.05, 0) is 12.1 Å². The van der Waals surface area contributed by atoms with Crippen molar-refractivity contribution in [1.82, 2.24) is 19.8 Å². The number of hydrogen-bond acceptors (Lipinski definition) is 4. The van der Waals surface area contributed by atoms with Crippen molar-refractivity contribution in [3.05, 3.63) is 77.4 Å². The minimum Gasteiger partial charge on any atom is -0.351 e. The third-order valence-corrected chi connectivity index (χ3v) is 6.32. The number of carbonyl (C=O) groups is 1. The molecule has 1 N–H and O–H groups in total. The molecule has 1 fully saturated rings. The number of benzene rings is 2. The van der Waals surface area contributed by atoms with Gasteiger partial charge < -0.3 is 9.88 Å². The van der Waals surface area contributed by atoms with Crippen molar-refractivity contribution in [1.29, 1.82) is 0 Å². The molecule has 0 radical (unpaired) electrons. The molecule has 0 bridgehead atoms. The number of rotatable bonds is 4. The van der Waals surface area contributed by atoms with Crippen LogP contribution in [0.25, 0.3) is 21.5 Å². The molecule has 29 heavy (non-hydrogen) atoms. The predicted octanol–water partition coefficient (Wildman–Crippen LogP) is 4.25. The number of amides is 1. The largest absolute Gasteiger partial charge is 0.351 e. The Hall–Kier alpha value is -2.96. The summed E-state index contributed by atoms with van der Waals surface area (Å²) >= 11 is 1.69. The van der Waals surface area contributed by atoms with E-state index in [9.17, 15) is 4.79 Å². The summed E-state index contributed by atoms with van der Waals surface area (Å²) < 4.78 is 0. The van der Waals surface area contributed by atoms with Crippen LogP contribution < -0.4 is 0 Å². The molecule has 0 unspecified atom stereocenters. The molecular formula is C23H22N4OS. The Labute approximate surface area is 173 Å². The molecule has 0 saturated carbocycles. The van der Waals surface area contributed by atoms with Gasteiger partial charge in [-0.25, -0.2) is 4.98 Å². The number of carbonyl (C=O) groups excluding carboxylic acids is 1. The molecule has 3 heterocycles. The number of nitrogens with zero attached hydrogens (tertiary/aromatic N) is 3. The molecule has 4 aromatic rings. The number of piperazine rings is 1. The average molecular weight is 403 g/mol. The topological polar surface area (TPSA) is 52.2 Å². The highest BCUT2D eigenvalue weighted by atomic mass is 32.1. The molecule has 0 atom stereocenters. The van der Waals surface area contributed by atoms with Crippen LogP contribution in [0.1, 0.15) is 16.2 Å². The summed E-state index contributed by atoms with van der Waals surface area (Å²) in [6.45, 7) is 4.04. The Morgan fingerprint density at radius 2 is 1.76 bits per heavy atom. The van der Waals surface area contributed by atoms with E-state index in [0.717, 1.165) is 59.9 Å². The van der Waals surface area contributed by atoms with Crippen LogP contribution >= 0.6 is 11.3 Å². The number of hydrogen-bond donors (Lipinski definition) is 1. The number of H-pyrrole nitrogens is 1. The van der Waals surface area contributed by atoms with Gasteiger partial charge in [0.1, 0.15) is 10.7 Å². The second kappa shape index (κ2) is 7.81. The second-order valence-corrected chi connectivity index (χ2v) is 8.21. The lowest BCUT2D eigenvalue weighted by Gasteiger charge is -2.34. The third-order valence-electron chi connectivity index (χ3n) is 5.38. The van der Waals surface area contributed by atoms with Gasteiger partial charge in [-0.3, -0.25) is 9.69 Å². The maximum absolute atomic E-state index is 12.9. The Kier molecular flexibility index (Phi) is 4.87. The maximum Gasteiger partial charge on any atom is 0.270 e. The molecule has 1 saturated heterocycles. The van der Waals surface area contributed by atoms with Crippen LogP contribution in [0.2, 0.25) is 0 Å². The zero-order chi connectivity index (χ0) is 19.6. The van der Waals surface area contributed by atoms with Crippen molar-refractivity contribution in [2.45, 2.75) is 6.54 Å². The van der Waals surface area contributed by atoms with Crippen LogP contribution in [0.15, 0.2) is 66.0 Å². The van der Waals surface area contributed by atoms with Gasteiger partial charge in [0.25, 0.3) is 5.91 Å². The van der Waals surface area contributed by atoms with Crippen LogP contribution in [0.5, 0.6) is 0 Å². The summed E-state index contributed by atoms with van der Waals surface area (Å²) in [6.07, 6.45) is 0. The van der Waals surface area contributed by atoms with Crippen molar-refractivity contribution in [3.8, 4) is 10.6 Å². The molecule has 6 heteroatoms. The number of thiazole rings is 1. The first kappa shape index (κ1) is 18.1. The van der Waals surface area contributed by atoms with E-state index in [1.54, 1.807) is 11.3 Å². The van der Waals surface area contributed by atoms with Gasteiger partial charge in [-0.15, -0.1) is 11.3 Å². The highest BCUT2D eigenvalue weighted by molar-refractivity contribution is 7.13. The standard InChI is InChI=1S/C23H22N4OS/c28-23(21-14-18-8-4-5-9-20(18)25-21)27-12-10-26(11-13-27)15-19-16-29-22(24-19)17-6-2-1-3-7-17/h1-9,14,16,25H,10-13,15H2. The van der Waals surface area contributed by atoms with E-state index in [1.165, 1.54) is 0 Å².